The highest BCUT2D eigenvalue weighted by Gasteiger charge is 2.02. The van der Waals surface area contributed by atoms with E-state index in [1.807, 2.05) is 17.1 Å². The fourth-order valence-electron chi connectivity index (χ4n) is 1.35. The Bertz CT molecular complexity index is 461. The van der Waals surface area contributed by atoms with Gasteiger partial charge in [-0.3, -0.25) is 4.68 Å². The molecule has 86 valence electrons. The average Bonchev–Trinajstić information content (AvgIpc) is 2.83. The van der Waals surface area contributed by atoms with Gasteiger partial charge in [0.2, 0.25) is 0 Å². The Hall–Kier alpha value is -0.810. The lowest BCUT2D eigenvalue weighted by molar-refractivity contribution is 0.532. The molecule has 0 unspecified atom stereocenters. The van der Waals surface area contributed by atoms with Crippen LogP contribution in [0.3, 0.4) is 0 Å². The minimum absolute atomic E-state index is 0.408. The minimum Gasteiger partial charge on any atom is -0.378 e. The van der Waals surface area contributed by atoms with Gasteiger partial charge >= 0.3 is 0 Å². The van der Waals surface area contributed by atoms with Gasteiger partial charge in [-0.25, -0.2) is 0 Å². The molecule has 0 aliphatic heterocycles. The molecule has 0 amide bonds. The molecule has 3 nitrogen and oxygen atoms in total. The largest absolute Gasteiger partial charge is 0.378 e. The normalized spacial score (nSPS) is 11.0. The molecule has 0 saturated heterocycles. The van der Waals surface area contributed by atoms with Crippen molar-refractivity contribution < 1.29 is 0 Å². The van der Waals surface area contributed by atoms with Crippen LogP contribution < -0.4 is 5.32 Å². The van der Waals surface area contributed by atoms with E-state index in [2.05, 4.69) is 51.6 Å². The summed E-state index contributed by atoms with van der Waals surface area (Å²) < 4.78 is 3.12. The van der Waals surface area contributed by atoms with Crippen molar-refractivity contribution in [1.29, 1.82) is 0 Å². The van der Waals surface area contributed by atoms with E-state index in [1.165, 1.54) is 9.35 Å². The zero-order valence-electron chi connectivity index (χ0n) is 9.27. The van der Waals surface area contributed by atoms with Gasteiger partial charge in [-0.05, 0) is 46.8 Å². The molecular formula is C11H14BrN3S. The van der Waals surface area contributed by atoms with E-state index in [1.54, 1.807) is 11.3 Å². The highest BCUT2D eigenvalue weighted by Crippen LogP contribution is 2.21. The van der Waals surface area contributed by atoms with Gasteiger partial charge < -0.3 is 5.32 Å². The van der Waals surface area contributed by atoms with Gasteiger partial charge in [0, 0.05) is 18.8 Å². The van der Waals surface area contributed by atoms with Gasteiger partial charge in [0.15, 0.2) is 0 Å². The summed E-state index contributed by atoms with van der Waals surface area (Å²) in [5, 5.41) is 9.78. The molecule has 0 bridgehead atoms. The van der Waals surface area contributed by atoms with Gasteiger partial charge in [-0.1, -0.05) is 0 Å². The summed E-state index contributed by atoms with van der Waals surface area (Å²) in [5.74, 6) is 0. The SMILES string of the molecule is CC(C)n1cc(NCc2csc(Br)c2)cn1. The van der Waals surface area contributed by atoms with Crippen LogP contribution in [0.15, 0.2) is 27.6 Å². The first-order valence-electron chi connectivity index (χ1n) is 5.16. The van der Waals surface area contributed by atoms with Crippen LogP contribution in [-0.2, 0) is 6.54 Å². The second-order valence-corrected chi connectivity index (χ2v) is 6.21. The fraction of sp³-hybridized carbons (Fsp3) is 0.364. The Labute approximate surface area is 108 Å². The van der Waals surface area contributed by atoms with Crippen LogP contribution in [0.25, 0.3) is 0 Å². The third-order valence-corrected chi connectivity index (χ3v) is 3.80. The van der Waals surface area contributed by atoms with Crippen molar-refractivity contribution in [3.8, 4) is 0 Å². The van der Waals surface area contributed by atoms with E-state index in [-0.39, 0.29) is 0 Å². The molecule has 0 spiro atoms. The molecule has 2 aromatic heterocycles. The average molecular weight is 300 g/mol. The molecule has 0 atom stereocenters. The van der Waals surface area contributed by atoms with Gasteiger partial charge in [0.25, 0.3) is 0 Å². The van der Waals surface area contributed by atoms with Crippen molar-refractivity contribution in [3.63, 3.8) is 0 Å². The lowest BCUT2D eigenvalue weighted by atomic mass is 10.3. The maximum absolute atomic E-state index is 4.28. The number of nitrogens with one attached hydrogen (secondary N) is 1. The van der Waals surface area contributed by atoms with Crippen molar-refractivity contribution in [1.82, 2.24) is 9.78 Å². The number of halogens is 1. The molecule has 5 heteroatoms. The monoisotopic (exact) mass is 299 g/mol. The van der Waals surface area contributed by atoms with E-state index in [9.17, 15) is 0 Å². The Balaban J connectivity index is 1.94. The zero-order valence-corrected chi connectivity index (χ0v) is 11.7. The van der Waals surface area contributed by atoms with Crippen molar-refractivity contribution in [2.45, 2.75) is 26.4 Å². The standard InChI is InChI=1S/C11H14BrN3S/c1-8(2)15-6-10(5-14-15)13-4-9-3-11(12)16-7-9/h3,5-8,13H,4H2,1-2H3. The molecule has 0 aromatic carbocycles. The molecule has 0 fully saturated rings. The number of anilines is 1. The molecule has 1 N–H and O–H groups in total. The Kier molecular flexibility index (Phi) is 3.66. The third kappa shape index (κ3) is 2.86. The first-order chi connectivity index (χ1) is 7.65. The summed E-state index contributed by atoms with van der Waals surface area (Å²) >= 11 is 5.16. The van der Waals surface area contributed by atoms with Crippen molar-refractivity contribution in [2.75, 3.05) is 5.32 Å². The quantitative estimate of drug-likeness (QED) is 0.928. The predicted octanol–water partition coefficient (Wildman–Crippen LogP) is 3.90. The van der Waals surface area contributed by atoms with Crippen LogP contribution in [0, 0.1) is 0 Å². The summed E-state index contributed by atoms with van der Waals surface area (Å²) in [5.41, 5.74) is 2.35. The Morgan fingerprint density at radius 1 is 1.56 bits per heavy atom. The van der Waals surface area contributed by atoms with E-state index in [0.29, 0.717) is 6.04 Å². The fourth-order valence-corrected chi connectivity index (χ4v) is 2.56. The first kappa shape index (κ1) is 11.7. The highest BCUT2D eigenvalue weighted by atomic mass is 79.9. The van der Waals surface area contributed by atoms with Crippen molar-refractivity contribution in [3.05, 3.63) is 33.2 Å². The Morgan fingerprint density at radius 3 is 2.94 bits per heavy atom. The van der Waals surface area contributed by atoms with Crippen LogP contribution in [-0.4, -0.2) is 9.78 Å². The molecule has 0 aliphatic carbocycles. The van der Waals surface area contributed by atoms with Crippen LogP contribution in [0.4, 0.5) is 5.69 Å². The number of nitrogens with zero attached hydrogens (tertiary/aromatic N) is 2. The number of thiophene rings is 1. The summed E-state index contributed by atoms with van der Waals surface area (Å²) in [6, 6.07) is 2.54. The smallest absolute Gasteiger partial charge is 0.0729 e. The third-order valence-electron chi connectivity index (χ3n) is 2.25. The van der Waals surface area contributed by atoms with Crippen LogP contribution >= 0.6 is 27.3 Å². The lowest BCUT2D eigenvalue weighted by Crippen LogP contribution is -2.00. The van der Waals surface area contributed by atoms with E-state index in [0.717, 1.165) is 12.2 Å². The first-order valence-corrected chi connectivity index (χ1v) is 6.83. The molecular weight excluding hydrogens is 286 g/mol. The van der Waals surface area contributed by atoms with Crippen molar-refractivity contribution >= 4 is 33.0 Å². The van der Waals surface area contributed by atoms with Gasteiger partial charge in [0.05, 0.1) is 15.7 Å². The molecule has 2 rings (SSSR count). The maximum atomic E-state index is 4.28. The number of hydrogen-bond acceptors (Lipinski definition) is 3. The van der Waals surface area contributed by atoms with Crippen LogP contribution in [0.1, 0.15) is 25.5 Å². The molecule has 0 saturated carbocycles. The van der Waals surface area contributed by atoms with Gasteiger partial charge in [-0.2, -0.15) is 5.10 Å². The van der Waals surface area contributed by atoms with Crippen LogP contribution in [0.2, 0.25) is 0 Å². The van der Waals surface area contributed by atoms with E-state index >= 15 is 0 Å². The summed E-state index contributed by atoms with van der Waals surface area (Å²) in [7, 11) is 0. The molecule has 0 aliphatic rings. The highest BCUT2D eigenvalue weighted by molar-refractivity contribution is 9.11. The number of rotatable bonds is 4. The van der Waals surface area contributed by atoms with Crippen molar-refractivity contribution in [2.24, 2.45) is 0 Å². The second kappa shape index (κ2) is 5.01. The summed E-state index contributed by atoms with van der Waals surface area (Å²) in [6.45, 7) is 5.07. The van der Waals surface area contributed by atoms with E-state index < -0.39 is 0 Å². The molecule has 0 radical (unpaired) electrons. The van der Waals surface area contributed by atoms with Crippen LogP contribution in [0.5, 0.6) is 0 Å². The minimum atomic E-state index is 0.408. The van der Waals surface area contributed by atoms with Gasteiger partial charge in [-0.15, -0.1) is 11.3 Å². The molecule has 2 heterocycles. The number of hydrogen-bond donors (Lipinski definition) is 1. The molecule has 2 aromatic rings. The zero-order chi connectivity index (χ0) is 11.5. The second-order valence-electron chi connectivity index (χ2n) is 3.92. The topological polar surface area (TPSA) is 29.9 Å². The molecule has 16 heavy (non-hydrogen) atoms. The summed E-state index contributed by atoms with van der Waals surface area (Å²) in [4.78, 5) is 0. The maximum Gasteiger partial charge on any atom is 0.0729 e. The number of aromatic nitrogens is 2. The van der Waals surface area contributed by atoms with Gasteiger partial charge in [0.1, 0.15) is 0 Å². The van der Waals surface area contributed by atoms with E-state index in [4.69, 9.17) is 0 Å². The summed E-state index contributed by atoms with van der Waals surface area (Å²) in [6.07, 6.45) is 3.90. The predicted molar refractivity (Wildman–Crippen MR) is 72.0 cm³/mol. The Morgan fingerprint density at radius 2 is 2.38 bits per heavy atom. The lowest BCUT2D eigenvalue weighted by Gasteiger charge is -2.03.